The average molecular weight is 408 g/mol. The molecule has 0 unspecified atom stereocenters. The highest BCUT2D eigenvalue weighted by Gasteiger charge is 2.40. The molecule has 0 spiro atoms. The summed E-state index contributed by atoms with van der Waals surface area (Å²) in [5.74, 6) is -5.25. The van der Waals surface area contributed by atoms with E-state index in [0.717, 1.165) is 0 Å². The smallest absolute Gasteiger partial charge is 0.330 e. The van der Waals surface area contributed by atoms with Gasteiger partial charge in [-0.1, -0.05) is 34.4 Å². The molecule has 0 aliphatic carbocycles. The third-order valence-electron chi connectivity index (χ3n) is 4.43. The van der Waals surface area contributed by atoms with Gasteiger partial charge in [0.05, 0.1) is 35.1 Å². The summed E-state index contributed by atoms with van der Waals surface area (Å²) in [4.78, 5) is 82.1. The van der Waals surface area contributed by atoms with Crippen molar-refractivity contribution < 1.29 is 38.4 Å². The van der Waals surface area contributed by atoms with Gasteiger partial charge < -0.3 is 9.68 Å². The number of imide groups is 2. The number of carbonyl (C=O) groups excluding carboxylic acids is 6. The minimum Gasteiger partial charge on any atom is -0.330 e. The molecule has 2 aromatic rings. The van der Waals surface area contributed by atoms with Crippen molar-refractivity contribution in [2.45, 2.75) is 12.8 Å². The maximum absolute atomic E-state index is 12.1. The van der Waals surface area contributed by atoms with Gasteiger partial charge in [-0.2, -0.15) is 0 Å². The summed E-state index contributed by atoms with van der Waals surface area (Å²) >= 11 is 0. The van der Waals surface area contributed by atoms with Crippen LogP contribution in [0.2, 0.25) is 0 Å². The van der Waals surface area contributed by atoms with Gasteiger partial charge in [0.25, 0.3) is 23.6 Å². The highest BCUT2D eigenvalue weighted by molar-refractivity contribution is 6.21. The lowest BCUT2D eigenvalue weighted by Gasteiger charge is -2.14. The lowest BCUT2D eigenvalue weighted by atomic mass is 10.1. The zero-order valence-electron chi connectivity index (χ0n) is 15.2. The van der Waals surface area contributed by atoms with Crippen LogP contribution in [-0.4, -0.2) is 45.7 Å². The monoisotopic (exact) mass is 408 g/mol. The van der Waals surface area contributed by atoms with Gasteiger partial charge in [0.15, 0.2) is 0 Å². The number of hydrogen-bond acceptors (Lipinski definition) is 8. The number of amides is 4. The Bertz CT molecular complexity index is 980. The van der Waals surface area contributed by atoms with Gasteiger partial charge >= 0.3 is 11.9 Å². The Labute approximate surface area is 168 Å². The van der Waals surface area contributed by atoms with E-state index in [1.165, 1.54) is 24.3 Å². The third-order valence-corrected chi connectivity index (χ3v) is 4.43. The fraction of sp³-hybridized carbons (Fsp3) is 0.100. The minimum absolute atomic E-state index is 0.0975. The summed E-state index contributed by atoms with van der Waals surface area (Å²) in [5.41, 5.74) is 0.390. The van der Waals surface area contributed by atoms with Crippen molar-refractivity contribution in [1.82, 2.24) is 10.1 Å². The summed E-state index contributed by atoms with van der Waals surface area (Å²) < 4.78 is 0. The predicted molar refractivity (Wildman–Crippen MR) is 95.3 cm³/mol. The maximum atomic E-state index is 12.1. The van der Waals surface area contributed by atoms with Gasteiger partial charge in [0, 0.05) is 0 Å². The number of rotatable bonds is 5. The van der Waals surface area contributed by atoms with Crippen LogP contribution in [0.3, 0.4) is 0 Å². The van der Waals surface area contributed by atoms with Crippen molar-refractivity contribution in [2.24, 2.45) is 0 Å². The maximum Gasteiger partial charge on any atom is 0.333 e. The molecule has 0 atom stereocenters. The Kier molecular flexibility index (Phi) is 4.59. The predicted octanol–water partition coefficient (Wildman–Crippen LogP) is 1.28. The van der Waals surface area contributed by atoms with Crippen LogP contribution in [0.4, 0.5) is 0 Å². The number of benzene rings is 2. The molecule has 0 fully saturated rings. The molecule has 0 aromatic heterocycles. The molecule has 2 aromatic carbocycles. The van der Waals surface area contributed by atoms with E-state index in [9.17, 15) is 28.8 Å². The van der Waals surface area contributed by atoms with E-state index in [1.807, 2.05) is 0 Å². The third kappa shape index (κ3) is 3.09. The van der Waals surface area contributed by atoms with Crippen LogP contribution in [0.25, 0.3) is 0 Å². The van der Waals surface area contributed by atoms with E-state index in [4.69, 9.17) is 9.68 Å². The molecule has 0 radical (unpaired) electrons. The lowest BCUT2D eigenvalue weighted by molar-refractivity contribution is -0.175. The second-order valence-electron chi connectivity index (χ2n) is 6.33. The summed E-state index contributed by atoms with van der Waals surface area (Å²) in [6.45, 7) is 0. The summed E-state index contributed by atoms with van der Waals surface area (Å²) in [6, 6.07) is 11.9. The summed E-state index contributed by atoms with van der Waals surface area (Å²) in [6.07, 6.45) is -1.09. The molecule has 10 nitrogen and oxygen atoms in total. The SMILES string of the molecule is O=C(CCC(=O)ON1C(=O)c2ccccc2C1=O)ON1C(=O)c2ccccc2C1=O. The van der Waals surface area contributed by atoms with Crippen molar-refractivity contribution in [3.05, 3.63) is 70.8 Å². The van der Waals surface area contributed by atoms with E-state index >= 15 is 0 Å². The highest BCUT2D eigenvalue weighted by Crippen LogP contribution is 2.24. The first-order valence-corrected chi connectivity index (χ1v) is 8.75. The van der Waals surface area contributed by atoms with Crippen LogP contribution in [0, 0.1) is 0 Å². The van der Waals surface area contributed by atoms with E-state index in [1.54, 1.807) is 24.3 Å². The van der Waals surface area contributed by atoms with Gasteiger partial charge in [-0.25, -0.2) is 9.59 Å². The molecule has 0 saturated carbocycles. The highest BCUT2D eigenvalue weighted by atomic mass is 16.7. The molecule has 2 aliphatic heterocycles. The minimum atomic E-state index is -1.04. The Morgan fingerprint density at radius 2 is 0.833 bits per heavy atom. The van der Waals surface area contributed by atoms with Crippen molar-refractivity contribution in [1.29, 1.82) is 0 Å². The Morgan fingerprint density at radius 1 is 0.567 bits per heavy atom. The number of nitrogens with zero attached hydrogens (tertiary/aromatic N) is 2. The lowest BCUT2D eigenvalue weighted by Crippen LogP contribution is -2.34. The van der Waals surface area contributed by atoms with E-state index < -0.39 is 48.4 Å². The number of carbonyl (C=O) groups is 6. The Morgan fingerprint density at radius 3 is 1.10 bits per heavy atom. The van der Waals surface area contributed by atoms with E-state index in [2.05, 4.69) is 0 Å². The molecule has 150 valence electrons. The first-order chi connectivity index (χ1) is 14.4. The normalized spacial score (nSPS) is 14.7. The average Bonchev–Trinajstić information content (AvgIpc) is 3.13. The molecular weight excluding hydrogens is 396 g/mol. The zero-order valence-corrected chi connectivity index (χ0v) is 15.2. The van der Waals surface area contributed by atoms with Gasteiger partial charge in [0.2, 0.25) is 0 Å². The van der Waals surface area contributed by atoms with Gasteiger partial charge in [0.1, 0.15) is 0 Å². The Balaban J connectivity index is 1.32. The number of hydroxylamine groups is 4. The van der Waals surface area contributed by atoms with Gasteiger partial charge in [-0.3, -0.25) is 19.2 Å². The molecule has 4 rings (SSSR count). The second kappa shape index (κ2) is 7.24. The molecule has 0 N–H and O–H groups in total. The molecule has 30 heavy (non-hydrogen) atoms. The molecule has 0 bridgehead atoms. The summed E-state index contributed by atoms with van der Waals surface area (Å²) in [7, 11) is 0. The quantitative estimate of drug-likeness (QED) is 0.677. The Hall–Kier alpha value is -4.34. The van der Waals surface area contributed by atoms with E-state index in [-0.39, 0.29) is 22.3 Å². The van der Waals surface area contributed by atoms with Gasteiger partial charge in [-0.15, -0.1) is 0 Å². The van der Waals surface area contributed by atoms with Gasteiger partial charge in [-0.05, 0) is 24.3 Å². The summed E-state index contributed by atoms with van der Waals surface area (Å²) in [5, 5.41) is 0.644. The number of fused-ring (bicyclic) bond motifs is 2. The molecular formula is C20H12N2O8. The molecule has 2 heterocycles. The van der Waals surface area contributed by atoms with Crippen LogP contribution in [0.5, 0.6) is 0 Å². The molecule has 0 saturated heterocycles. The number of hydrogen-bond donors (Lipinski definition) is 0. The van der Waals surface area contributed by atoms with Crippen molar-refractivity contribution in [2.75, 3.05) is 0 Å². The van der Waals surface area contributed by atoms with Crippen LogP contribution >= 0.6 is 0 Å². The fourth-order valence-corrected chi connectivity index (χ4v) is 3.00. The van der Waals surface area contributed by atoms with Crippen molar-refractivity contribution >= 4 is 35.6 Å². The van der Waals surface area contributed by atoms with Crippen molar-refractivity contribution in [3.63, 3.8) is 0 Å². The van der Waals surface area contributed by atoms with Crippen LogP contribution in [0.15, 0.2) is 48.5 Å². The fourth-order valence-electron chi connectivity index (χ4n) is 3.00. The second-order valence-corrected chi connectivity index (χ2v) is 6.33. The van der Waals surface area contributed by atoms with Crippen molar-refractivity contribution in [3.8, 4) is 0 Å². The first-order valence-electron chi connectivity index (χ1n) is 8.75. The van der Waals surface area contributed by atoms with E-state index in [0.29, 0.717) is 10.1 Å². The van der Waals surface area contributed by atoms with Crippen LogP contribution in [-0.2, 0) is 19.3 Å². The topological polar surface area (TPSA) is 127 Å². The standard InChI is InChI=1S/C20H12N2O8/c23-15(29-21-17(25)11-5-1-2-6-12(11)18(21)26)9-10-16(24)30-22-19(27)13-7-3-4-8-14(13)20(22)28/h1-8H,9-10H2. The van der Waals surface area contributed by atoms with Crippen LogP contribution < -0.4 is 0 Å². The first kappa shape index (κ1) is 19.0. The van der Waals surface area contributed by atoms with Crippen LogP contribution in [0.1, 0.15) is 54.3 Å². The molecule has 2 aliphatic rings. The largest absolute Gasteiger partial charge is 0.333 e. The zero-order chi connectivity index (χ0) is 21.4. The molecule has 10 heteroatoms. The molecule has 4 amide bonds.